The normalized spacial score (nSPS) is 10.6. The molecule has 0 aliphatic heterocycles. The Kier molecular flexibility index (Phi) is 5.63. The third-order valence-corrected chi connectivity index (χ3v) is 4.92. The summed E-state index contributed by atoms with van der Waals surface area (Å²) in [6.45, 7) is 6.97. The van der Waals surface area contributed by atoms with Gasteiger partial charge in [-0.2, -0.15) is 0 Å². The summed E-state index contributed by atoms with van der Waals surface area (Å²) in [6.07, 6.45) is 3.41. The fourth-order valence-electron chi connectivity index (χ4n) is 2.55. The topological polar surface area (TPSA) is 64.1 Å². The summed E-state index contributed by atoms with van der Waals surface area (Å²) in [5, 5.41) is 5.40. The first-order valence-corrected chi connectivity index (χ1v) is 9.23. The number of pyridine rings is 1. The van der Waals surface area contributed by atoms with Gasteiger partial charge in [-0.3, -0.25) is 9.78 Å². The molecule has 0 fully saturated rings. The minimum Gasteiger partial charge on any atom is -0.486 e. The molecular weight excluding hydrogens is 346 g/mol. The maximum Gasteiger partial charge on any atom is 0.271 e. The number of nitrogens with one attached hydrogen (secondary N) is 1. The van der Waals surface area contributed by atoms with E-state index < -0.39 is 0 Å². The Balaban J connectivity index is 1.58. The van der Waals surface area contributed by atoms with E-state index in [-0.39, 0.29) is 5.91 Å². The van der Waals surface area contributed by atoms with E-state index in [1.54, 1.807) is 17.8 Å². The molecule has 0 radical (unpaired) electrons. The minimum absolute atomic E-state index is 0.188. The van der Waals surface area contributed by atoms with Crippen molar-refractivity contribution < 1.29 is 9.53 Å². The molecule has 5 nitrogen and oxygen atoms in total. The zero-order valence-corrected chi connectivity index (χ0v) is 15.9. The van der Waals surface area contributed by atoms with Crippen LogP contribution in [0.15, 0.2) is 42.0 Å². The number of hydrogen-bond donors (Lipinski definition) is 1. The number of benzene rings is 1. The molecule has 0 atom stereocenters. The van der Waals surface area contributed by atoms with Crippen molar-refractivity contribution in [2.45, 2.75) is 33.9 Å². The zero-order valence-electron chi connectivity index (χ0n) is 15.1. The third kappa shape index (κ3) is 4.46. The molecule has 0 spiro atoms. The molecule has 2 heterocycles. The number of ether oxygens (including phenoxy) is 1. The molecule has 3 rings (SSSR count). The molecule has 3 aromatic rings. The van der Waals surface area contributed by atoms with Gasteiger partial charge in [0.2, 0.25) is 0 Å². The van der Waals surface area contributed by atoms with Crippen molar-refractivity contribution in [2.75, 3.05) is 0 Å². The predicted molar refractivity (Wildman–Crippen MR) is 103 cm³/mol. The summed E-state index contributed by atoms with van der Waals surface area (Å²) in [6, 6.07) is 7.90. The molecule has 1 amide bonds. The largest absolute Gasteiger partial charge is 0.486 e. The highest BCUT2D eigenvalue weighted by atomic mass is 32.1. The molecule has 134 valence electrons. The van der Waals surface area contributed by atoms with Crippen molar-refractivity contribution in [1.29, 1.82) is 0 Å². The molecule has 26 heavy (non-hydrogen) atoms. The predicted octanol–water partition coefficient (Wildman–Crippen LogP) is 3.97. The average Bonchev–Trinajstić information content (AvgIpc) is 3.11. The van der Waals surface area contributed by atoms with E-state index in [4.69, 9.17) is 4.74 Å². The van der Waals surface area contributed by atoms with Crippen LogP contribution >= 0.6 is 11.3 Å². The highest BCUT2D eigenvalue weighted by Gasteiger charge is 2.12. The SMILES string of the molecule is Cc1cc(C)c(C)c(OCc2nc(C(=O)NCc3ccncc3)cs2)c1. The van der Waals surface area contributed by atoms with Gasteiger partial charge in [-0.05, 0) is 61.2 Å². The van der Waals surface area contributed by atoms with Crippen LogP contribution in [0.25, 0.3) is 0 Å². The Morgan fingerprint density at radius 1 is 1.19 bits per heavy atom. The van der Waals surface area contributed by atoms with E-state index in [1.807, 2.05) is 32.0 Å². The first kappa shape index (κ1) is 18.1. The molecular formula is C20H21N3O2S. The number of carbonyl (C=O) groups excluding carboxylic acids is 1. The zero-order chi connectivity index (χ0) is 18.5. The second-order valence-corrected chi connectivity index (χ2v) is 7.10. The van der Waals surface area contributed by atoms with Crippen LogP contribution in [-0.2, 0) is 13.2 Å². The van der Waals surface area contributed by atoms with Crippen molar-refractivity contribution >= 4 is 17.2 Å². The van der Waals surface area contributed by atoms with Crippen LogP contribution in [0.4, 0.5) is 0 Å². The van der Waals surface area contributed by atoms with Gasteiger partial charge in [-0.15, -0.1) is 11.3 Å². The monoisotopic (exact) mass is 367 g/mol. The fraction of sp³-hybridized carbons (Fsp3) is 0.250. The van der Waals surface area contributed by atoms with Gasteiger partial charge < -0.3 is 10.1 Å². The van der Waals surface area contributed by atoms with E-state index >= 15 is 0 Å². The van der Waals surface area contributed by atoms with Crippen molar-refractivity contribution in [1.82, 2.24) is 15.3 Å². The molecule has 6 heteroatoms. The lowest BCUT2D eigenvalue weighted by Gasteiger charge is -2.11. The van der Waals surface area contributed by atoms with Crippen LogP contribution in [0, 0.1) is 20.8 Å². The van der Waals surface area contributed by atoms with E-state index in [1.165, 1.54) is 22.5 Å². The first-order valence-electron chi connectivity index (χ1n) is 8.35. The summed E-state index contributed by atoms with van der Waals surface area (Å²) in [4.78, 5) is 20.6. The minimum atomic E-state index is -0.188. The van der Waals surface area contributed by atoms with Gasteiger partial charge >= 0.3 is 0 Å². The van der Waals surface area contributed by atoms with Gasteiger partial charge in [0.25, 0.3) is 5.91 Å². The molecule has 2 aromatic heterocycles. The molecule has 0 saturated carbocycles. The Morgan fingerprint density at radius 3 is 2.73 bits per heavy atom. The highest BCUT2D eigenvalue weighted by molar-refractivity contribution is 7.09. The fourth-order valence-corrected chi connectivity index (χ4v) is 3.23. The van der Waals surface area contributed by atoms with Gasteiger partial charge in [0, 0.05) is 24.3 Å². The average molecular weight is 367 g/mol. The molecule has 0 unspecified atom stereocenters. The summed E-state index contributed by atoms with van der Waals surface area (Å²) in [5.41, 5.74) is 4.91. The standard InChI is InChI=1S/C20H21N3O2S/c1-13-8-14(2)15(3)18(9-13)25-11-19-23-17(12-26-19)20(24)22-10-16-4-6-21-7-5-16/h4-9,12H,10-11H2,1-3H3,(H,22,24). The van der Waals surface area contributed by atoms with Crippen LogP contribution in [0.5, 0.6) is 5.75 Å². The Bertz CT molecular complexity index is 907. The van der Waals surface area contributed by atoms with Gasteiger partial charge in [0.1, 0.15) is 23.1 Å². The van der Waals surface area contributed by atoms with Crippen molar-refractivity contribution in [2.24, 2.45) is 0 Å². The van der Waals surface area contributed by atoms with E-state index in [9.17, 15) is 4.79 Å². The molecule has 0 aliphatic rings. The molecule has 0 saturated heterocycles. The Morgan fingerprint density at radius 2 is 1.96 bits per heavy atom. The Labute approximate surface area is 157 Å². The number of hydrogen-bond acceptors (Lipinski definition) is 5. The third-order valence-electron chi connectivity index (χ3n) is 4.10. The van der Waals surface area contributed by atoms with E-state index in [0.29, 0.717) is 18.8 Å². The lowest BCUT2D eigenvalue weighted by Crippen LogP contribution is -2.23. The summed E-state index contributed by atoms with van der Waals surface area (Å²) < 4.78 is 5.92. The summed E-state index contributed by atoms with van der Waals surface area (Å²) in [5.74, 6) is 0.674. The van der Waals surface area contributed by atoms with Crippen LogP contribution in [0.2, 0.25) is 0 Å². The van der Waals surface area contributed by atoms with Gasteiger partial charge in [0.05, 0.1) is 0 Å². The van der Waals surface area contributed by atoms with Gasteiger partial charge in [0.15, 0.2) is 0 Å². The van der Waals surface area contributed by atoms with Crippen molar-refractivity contribution in [3.8, 4) is 5.75 Å². The van der Waals surface area contributed by atoms with Crippen molar-refractivity contribution in [3.63, 3.8) is 0 Å². The number of rotatable bonds is 6. The molecule has 1 N–H and O–H groups in total. The van der Waals surface area contributed by atoms with Crippen LogP contribution < -0.4 is 10.1 Å². The van der Waals surface area contributed by atoms with Crippen LogP contribution in [-0.4, -0.2) is 15.9 Å². The number of amides is 1. The first-order chi connectivity index (χ1) is 12.5. The quantitative estimate of drug-likeness (QED) is 0.716. The number of aromatic nitrogens is 2. The summed E-state index contributed by atoms with van der Waals surface area (Å²) >= 11 is 1.43. The molecule has 0 bridgehead atoms. The summed E-state index contributed by atoms with van der Waals surface area (Å²) in [7, 11) is 0. The van der Waals surface area contributed by atoms with Crippen molar-refractivity contribution in [3.05, 3.63) is 75.0 Å². The van der Waals surface area contributed by atoms with Gasteiger partial charge in [-0.1, -0.05) is 6.07 Å². The lowest BCUT2D eigenvalue weighted by atomic mass is 10.1. The highest BCUT2D eigenvalue weighted by Crippen LogP contribution is 2.24. The Hall–Kier alpha value is -2.73. The van der Waals surface area contributed by atoms with Crippen LogP contribution in [0.1, 0.15) is 37.7 Å². The van der Waals surface area contributed by atoms with Gasteiger partial charge in [-0.25, -0.2) is 4.98 Å². The maximum absolute atomic E-state index is 12.2. The van der Waals surface area contributed by atoms with Crippen LogP contribution in [0.3, 0.4) is 0 Å². The molecule has 0 aliphatic carbocycles. The molecule has 1 aromatic carbocycles. The maximum atomic E-state index is 12.2. The number of thiazole rings is 1. The lowest BCUT2D eigenvalue weighted by molar-refractivity contribution is 0.0946. The second kappa shape index (κ2) is 8.10. The second-order valence-electron chi connectivity index (χ2n) is 6.16. The van der Waals surface area contributed by atoms with E-state index in [0.717, 1.165) is 21.9 Å². The number of carbonyl (C=O) groups is 1. The number of nitrogens with zero attached hydrogens (tertiary/aromatic N) is 2. The number of aryl methyl sites for hydroxylation is 2. The smallest absolute Gasteiger partial charge is 0.271 e. The van der Waals surface area contributed by atoms with E-state index in [2.05, 4.69) is 28.3 Å².